The molecule has 0 aliphatic carbocycles. The lowest BCUT2D eigenvalue weighted by atomic mass is 10.2. The number of halogens is 1. The number of hydrogen-bond acceptors (Lipinski definition) is 3. The van der Waals surface area contributed by atoms with Crippen LogP contribution in [0.1, 0.15) is 18.2 Å². The van der Waals surface area contributed by atoms with Gasteiger partial charge in [-0.25, -0.2) is 4.39 Å². The van der Waals surface area contributed by atoms with Gasteiger partial charge in [0.25, 0.3) is 5.91 Å². The van der Waals surface area contributed by atoms with Crippen LogP contribution in [0.3, 0.4) is 0 Å². The van der Waals surface area contributed by atoms with E-state index in [1.807, 2.05) is 12.1 Å². The van der Waals surface area contributed by atoms with Crippen LogP contribution in [0.4, 0.5) is 4.39 Å². The molecule has 2 fully saturated rings. The second-order valence-electron chi connectivity index (χ2n) is 4.56. The maximum absolute atomic E-state index is 13.4. The van der Waals surface area contributed by atoms with Gasteiger partial charge in [0, 0.05) is 12.0 Å². The van der Waals surface area contributed by atoms with Crippen LogP contribution >= 0.6 is 0 Å². The number of methoxy groups -OCH3 is 1. The molecule has 1 unspecified atom stereocenters. The van der Waals surface area contributed by atoms with E-state index in [1.165, 1.54) is 4.90 Å². The van der Waals surface area contributed by atoms with E-state index in [0.717, 1.165) is 11.3 Å². The molecule has 2 heterocycles. The van der Waals surface area contributed by atoms with Crippen LogP contribution in [0.2, 0.25) is 0 Å². The van der Waals surface area contributed by atoms with Gasteiger partial charge in [0.05, 0.1) is 19.8 Å². The number of ether oxygens (including phenoxy) is 2. The minimum atomic E-state index is -1.38. The highest BCUT2D eigenvalue weighted by molar-refractivity contribution is 5.84. The number of hydrogen-bond donors (Lipinski definition) is 0. The zero-order valence-corrected chi connectivity index (χ0v) is 10.0. The smallest absolute Gasteiger partial charge is 0.259 e. The molecule has 96 valence electrons. The number of nitrogens with zero attached hydrogens (tertiary/aromatic N) is 1. The molecular formula is C13H14FNO3. The SMILES string of the molecule is COc1ccc([C@H]2OC[C@@H]3CC(F)C(=O)N32)cc1. The average molecular weight is 251 g/mol. The van der Waals surface area contributed by atoms with E-state index in [9.17, 15) is 9.18 Å². The molecule has 0 saturated carbocycles. The van der Waals surface area contributed by atoms with Crippen molar-refractivity contribution in [2.24, 2.45) is 0 Å². The normalized spacial score (nSPS) is 30.7. The quantitative estimate of drug-likeness (QED) is 0.802. The lowest BCUT2D eigenvalue weighted by molar-refractivity contribution is -0.138. The minimum absolute atomic E-state index is 0.125. The van der Waals surface area contributed by atoms with Gasteiger partial charge in [0.1, 0.15) is 5.75 Å². The van der Waals surface area contributed by atoms with Crippen LogP contribution in [0.5, 0.6) is 5.75 Å². The fourth-order valence-electron chi connectivity index (χ4n) is 2.56. The van der Waals surface area contributed by atoms with E-state index >= 15 is 0 Å². The largest absolute Gasteiger partial charge is 0.497 e. The van der Waals surface area contributed by atoms with Gasteiger partial charge < -0.3 is 14.4 Å². The number of rotatable bonds is 2. The molecule has 4 nitrogen and oxygen atoms in total. The molecule has 3 atom stereocenters. The Morgan fingerprint density at radius 2 is 2.11 bits per heavy atom. The van der Waals surface area contributed by atoms with Crippen molar-refractivity contribution < 1.29 is 18.7 Å². The molecule has 3 rings (SSSR count). The highest BCUT2D eigenvalue weighted by Crippen LogP contribution is 2.38. The van der Waals surface area contributed by atoms with E-state index in [1.54, 1.807) is 19.2 Å². The fourth-order valence-corrected chi connectivity index (χ4v) is 2.56. The van der Waals surface area contributed by atoms with Crippen LogP contribution in [-0.4, -0.2) is 36.7 Å². The Labute approximate surface area is 104 Å². The highest BCUT2D eigenvalue weighted by Gasteiger charge is 2.48. The van der Waals surface area contributed by atoms with Crippen LogP contribution in [-0.2, 0) is 9.53 Å². The highest BCUT2D eigenvalue weighted by atomic mass is 19.1. The molecule has 2 saturated heterocycles. The lowest BCUT2D eigenvalue weighted by Crippen LogP contribution is -2.32. The number of carbonyl (C=O) groups is 1. The number of fused-ring (bicyclic) bond motifs is 1. The molecule has 1 amide bonds. The molecule has 0 bridgehead atoms. The first-order chi connectivity index (χ1) is 8.70. The third-order valence-electron chi connectivity index (χ3n) is 3.49. The van der Waals surface area contributed by atoms with E-state index in [4.69, 9.17) is 9.47 Å². The molecule has 0 aromatic heterocycles. The summed E-state index contributed by atoms with van der Waals surface area (Å²) in [4.78, 5) is 13.3. The van der Waals surface area contributed by atoms with Crippen molar-refractivity contribution >= 4 is 5.91 Å². The van der Waals surface area contributed by atoms with Gasteiger partial charge in [-0.2, -0.15) is 0 Å². The van der Waals surface area contributed by atoms with Crippen molar-refractivity contribution in [2.45, 2.75) is 24.9 Å². The zero-order valence-electron chi connectivity index (χ0n) is 10.0. The first kappa shape index (κ1) is 11.5. The van der Waals surface area contributed by atoms with Crippen LogP contribution in [0.25, 0.3) is 0 Å². The molecule has 0 radical (unpaired) electrons. The third-order valence-corrected chi connectivity index (χ3v) is 3.49. The Kier molecular flexibility index (Phi) is 2.70. The van der Waals surface area contributed by atoms with E-state index < -0.39 is 18.3 Å². The van der Waals surface area contributed by atoms with Gasteiger partial charge in [0.2, 0.25) is 0 Å². The number of benzene rings is 1. The maximum atomic E-state index is 13.4. The third kappa shape index (κ3) is 1.66. The molecule has 1 aromatic carbocycles. The minimum Gasteiger partial charge on any atom is -0.497 e. The topological polar surface area (TPSA) is 38.8 Å². The second-order valence-corrected chi connectivity index (χ2v) is 4.56. The molecule has 2 aliphatic heterocycles. The summed E-state index contributed by atoms with van der Waals surface area (Å²) in [6, 6.07) is 7.16. The maximum Gasteiger partial charge on any atom is 0.259 e. The van der Waals surface area contributed by atoms with Gasteiger partial charge in [-0.15, -0.1) is 0 Å². The zero-order chi connectivity index (χ0) is 12.7. The van der Waals surface area contributed by atoms with Crippen molar-refractivity contribution in [2.75, 3.05) is 13.7 Å². The summed E-state index contributed by atoms with van der Waals surface area (Å²) in [6.45, 7) is 0.406. The van der Waals surface area contributed by atoms with Gasteiger partial charge in [-0.1, -0.05) is 12.1 Å². The van der Waals surface area contributed by atoms with E-state index in [2.05, 4.69) is 0 Å². The number of alkyl halides is 1. The summed E-state index contributed by atoms with van der Waals surface area (Å²) in [7, 11) is 1.59. The van der Waals surface area contributed by atoms with Crippen LogP contribution in [0.15, 0.2) is 24.3 Å². The first-order valence-corrected chi connectivity index (χ1v) is 5.92. The Balaban J connectivity index is 1.86. The van der Waals surface area contributed by atoms with E-state index in [0.29, 0.717) is 6.61 Å². The average Bonchev–Trinajstić information content (AvgIpc) is 2.92. The number of carbonyl (C=O) groups excluding carboxylic acids is 1. The summed E-state index contributed by atoms with van der Waals surface area (Å²) < 4.78 is 24.1. The fraction of sp³-hybridized carbons (Fsp3) is 0.462. The molecule has 18 heavy (non-hydrogen) atoms. The van der Waals surface area contributed by atoms with Crippen molar-refractivity contribution in [3.8, 4) is 5.75 Å². The van der Waals surface area contributed by atoms with Gasteiger partial charge >= 0.3 is 0 Å². The standard InChI is InChI=1S/C13H14FNO3/c1-17-10-4-2-8(3-5-10)13-15-9(7-18-13)6-11(14)12(15)16/h2-5,9,11,13H,6-7H2,1H3/t9-,11?,13+/m0/s1. The predicted octanol–water partition coefficient (Wildman–Crippen LogP) is 1.66. The number of amides is 1. The summed E-state index contributed by atoms with van der Waals surface area (Å²) in [5.41, 5.74) is 0.848. The Bertz CT molecular complexity index is 462. The van der Waals surface area contributed by atoms with Crippen LogP contribution < -0.4 is 4.74 Å². The molecule has 2 aliphatic rings. The molecule has 5 heteroatoms. The van der Waals surface area contributed by atoms with Crippen molar-refractivity contribution in [1.29, 1.82) is 0 Å². The Hall–Kier alpha value is -1.62. The van der Waals surface area contributed by atoms with E-state index in [-0.39, 0.29) is 12.5 Å². The lowest BCUT2D eigenvalue weighted by Gasteiger charge is -2.22. The molecule has 1 aromatic rings. The van der Waals surface area contributed by atoms with Crippen LogP contribution in [0, 0.1) is 0 Å². The van der Waals surface area contributed by atoms with Crippen molar-refractivity contribution in [3.63, 3.8) is 0 Å². The summed E-state index contributed by atoms with van der Waals surface area (Å²) in [5, 5.41) is 0. The van der Waals surface area contributed by atoms with Gasteiger partial charge in [-0.05, 0) is 12.1 Å². The molecule has 0 spiro atoms. The summed E-state index contributed by atoms with van der Waals surface area (Å²) >= 11 is 0. The Morgan fingerprint density at radius 1 is 1.39 bits per heavy atom. The predicted molar refractivity (Wildman–Crippen MR) is 61.8 cm³/mol. The summed E-state index contributed by atoms with van der Waals surface area (Å²) in [5.74, 6) is 0.280. The monoisotopic (exact) mass is 251 g/mol. The van der Waals surface area contributed by atoms with Crippen molar-refractivity contribution in [3.05, 3.63) is 29.8 Å². The van der Waals surface area contributed by atoms with Gasteiger partial charge in [-0.3, -0.25) is 4.79 Å². The molecular weight excluding hydrogens is 237 g/mol. The summed E-state index contributed by atoms with van der Waals surface area (Å²) in [6.07, 6.45) is -1.60. The Morgan fingerprint density at radius 3 is 2.78 bits per heavy atom. The second kappa shape index (κ2) is 4.24. The molecule has 0 N–H and O–H groups in total. The van der Waals surface area contributed by atoms with Gasteiger partial charge in [0.15, 0.2) is 12.4 Å². The van der Waals surface area contributed by atoms with Crippen molar-refractivity contribution in [1.82, 2.24) is 4.90 Å². The first-order valence-electron chi connectivity index (χ1n) is 5.92.